The van der Waals surface area contributed by atoms with Gasteiger partial charge in [0.1, 0.15) is 0 Å². The average Bonchev–Trinajstić information content (AvgIpc) is 3.14. The van der Waals surface area contributed by atoms with Crippen LogP contribution in [0.3, 0.4) is 0 Å². The summed E-state index contributed by atoms with van der Waals surface area (Å²) in [7, 11) is 0. The zero-order valence-electron chi connectivity index (χ0n) is 33.2. The van der Waals surface area contributed by atoms with Crippen LogP contribution in [0.25, 0.3) is 0 Å². The maximum Gasteiger partial charge on any atom is 0.0897 e. The lowest BCUT2D eigenvalue weighted by Gasteiger charge is -2.27. The number of hydrogen-bond donors (Lipinski definition) is 12. The number of rotatable bonds is 44. The van der Waals surface area contributed by atoms with Gasteiger partial charge in [0.15, 0.2) is 0 Å². The number of nitrogens with two attached hydrogens (primary N) is 6. The molecule has 0 spiro atoms. The van der Waals surface area contributed by atoms with Crippen LogP contribution in [-0.4, -0.2) is 252 Å². The molecular weight excluding hydrogens is 684 g/mol. The Hall–Kier alpha value is -0.760. The molecule has 2 atom stereocenters. The third-order valence-electron chi connectivity index (χ3n) is 8.43. The van der Waals surface area contributed by atoms with E-state index in [0.29, 0.717) is 78.8 Å². The predicted octanol–water partition coefficient (Wildman–Crippen LogP) is -6.92. The molecule has 0 rings (SSSR count). The van der Waals surface area contributed by atoms with Crippen molar-refractivity contribution in [2.75, 3.05) is 210 Å². The maximum absolute atomic E-state index is 10.3. The molecule has 0 aliphatic rings. The SMILES string of the molecule is NCCNCCN(CCNCCN(CCN)CCN)CCNCC(O)COCCOCCOCC(O)CNCCN(CCN)CCN(CCN)CCN. The third-order valence-corrected chi connectivity index (χ3v) is 8.43. The van der Waals surface area contributed by atoms with E-state index in [1.54, 1.807) is 0 Å². The molecule has 0 fully saturated rings. The van der Waals surface area contributed by atoms with E-state index in [1.807, 2.05) is 0 Å². The average molecular weight is 769 g/mol. The van der Waals surface area contributed by atoms with E-state index in [-0.39, 0.29) is 13.2 Å². The topological polar surface area (TPSA) is 285 Å². The maximum atomic E-state index is 10.3. The van der Waals surface area contributed by atoms with E-state index in [1.165, 1.54) is 0 Å². The molecule has 19 nitrogen and oxygen atoms in total. The van der Waals surface area contributed by atoms with Crippen LogP contribution in [-0.2, 0) is 14.2 Å². The number of nitrogens with zero attached hydrogens (tertiary/aromatic N) is 4. The molecule has 2 unspecified atom stereocenters. The molecule has 53 heavy (non-hydrogen) atoms. The Balaban J connectivity index is 3.92. The Labute approximate surface area is 321 Å². The smallest absolute Gasteiger partial charge is 0.0897 e. The molecule has 18 N–H and O–H groups in total. The number of hydrogen-bond acceptors (Lipinski definition) is 19. The van der Waals surface area contributed by atoms with Crippen molar-refractivity contribution < 1.29 is 24.4 Å². The van der Waals surface area contributed by atoms with Crippen LogP contribution in [0, 0.1) is 0 Å². The molecule has 0 saturated carbocycles. The first-order chi connectivity index (χ1) is 25.9. The second kappa shape index (κ2) is 40.9. The fourth-order valence-corrected chi connectivity index (χ4v) is 5.51. The molecule has 0 radical (unpaired) electrons. The van der Waals surface area contributed by atoms with E-state index >= 15 is 0 Å². The predicted molar refractivity (Wildman–Crippen MR) is 216 cm³/mol. The minimum atomic E-state index is -0.602. The molecule has 0 amide bonds. The summed E-state index contributed by atoms with van der Waals surface area (Å²) in [4.78, 5) is 9.26. The van der Waals surface area contributed by atoms with Crippen LogP contribution < -0.4 is 55.7 Å². The molecular formula is C34H84N14O5. The van der Waals surface area contributed by atoms with Crippen molar-refractivity contribution in [1.82, 2.24) is 40.9 Å². The Morgan fingerprint density at radius 3 is 1.04 bits per heavy atom. The van der Waals surface area contributed by atoms with Gasteiger partial charge in [0.05, 0.1) is 51.8 Å². The zero-order valence-corrected chi connectivity index (χ0v) is 33.2. The van der Waals surface area contributed by atoms with Crippen molar-refractivity contribution in [3.8, 4) is 0 Å². The van der Waals surface area contributed by atoms with Crippen molar-refractivity contribution in [2.24, 2.45) is 34.4 Å². The van der Waals surface area contributed by atoms with Gasteiger partial charge in [-0.3, -0.25) is 19.6 Å². The van der Waals surface area contributed by atoms with E-state index in [2.05, 4.69) is 40.9 Å². The first-order valence-electron chi connectivity index (χ1n) is 20.0. The highest BCUT2D eigenvalue weighted by Crippen LogP contribution is 1.93. The lowest BCUT2D eigenvalue weighted by molar-refractivity contribution is -0.0209. The largest absolute Gasteiger partial charge is 0.389 e. The molecule has 320 valence electrons. The second-order valence-corrected chi connectivity index (χ2v) is 13.1. The highest BCUT2D eigenvalue weighted by molar-refractivity contribution is 4.69. The summed E-state index contributed by atoms with van der Waals surface area (Å²) in [5.41, 5.74) is 34.2. The van der Waals surface area contributed by atoms with E-state index in [4.69, 9.17) is 48.6 Å². The van der Waals surface area contributed by atoms with E-state index in [0.717, 1.165) is 118 Å². The molecule has 0 aliphatic carbocycles. The van der Waals surface area contributed by atoms with Crippen molar-refractivity contribution in [2.45, 2.75) is 12.2 Å². The van der Waals surface area contributed by atoms with Crippen molar-refractivity contribution in [1.29, 1.82) is 0 Å². The lowest BCUT2D eigenvalue weighted by atomic mass is 10.3. The molecule has 0 aliphatic heterocycles. The molecule has 0 aromatic heterocycles. The zero-order chi connectivity index (χ0) is 39.0. The molecule has 0 aromatic rings. The van der Waals surface area contributed by atoms with Crippen LogP contribution in [0.4, 0.5) is 0 Å². The van der Waals surface area contributed by atoms with Gasteiger partial charge < -0.3 is 80.1 Å². The molecule has 0 bridgehead atoms. The van der Waals surface area contributed by atoms with Crippen LogP contribution >= 0.6 is 0 Å². The van der Waals surface area contributed by atoms with Gasteiger partial charge in [0.2, 0.25) is 0 Å². The standard InChI is InChI=1S/C34H84N14O5/c35-1-7-41-8-19-48(20-10-42-9-18-45(13-2-36)14-3-37)22-12-44-30-34(50)32-53-28-26-51-25-27-52-31-33(49)29-43-11-21-47(17-6-40)24-23-46(15-4-38)16-5-39/h33-34,41-44,49-50H,1-32,35-40H2. The normalized spacial score (nSPS) is 13.4. The molecule has 19 heteroatoms. The molecule has 0 saturated heterocycles. The Kier molecular flexibility index (Phi) is 40.3. The highest BCUT2D eigenvalue weighted by Gasteiger charge is 2.10. The quantitative estimate of drug-likeness (QED) is 0.0257. The fourth-order valence-electron chi connectivity index (χ4n) is 5.51. The Morgan fingerprint density at radius 2 is 0.660 bits per heavy atom. The Morgan fingerprint density at radius 1 is 0.358 bits per heavy atom. The van der Waals surface area contributed by atoms with Crippen molar-refractivity contribution >= 4 is 0 Å². The lowest BCUT2D eigenvalue weighted by Crippen LogP contribution is -2.43. The number of ether oxygens (including phenoxy) is 3. The monoisotopic (exact) mass is 769 g/mol. The number of nitrogens with one attached hydrogen (secondary N) is 4. The Bertz CT molecular complexity index is 719. The van der Waals surface area contributed by atoms with Crippen LogP contribution in [0.5, 0.6) is 0 Å². The van der Waals surface area contributed by atoms with Gasteiger partial charge >= 0.3 is 0 Å². The van der Waals surface area contributed by atoms with Gasteiger partial charge in [-0.2, -0.15) is 0 Å². The third kappa shape index (κ3) is 35.4. The summed E-state index contributed by atoms with van der Waals surface area (Å²) in [6, 6.07) is 0. The summed E-state index contributed by atoms with van der Waals surface area (Å²) in [5.74, 6) is 0. The van der Waals surface area contributed by atoms with Gasteiger partial charge in [0.25, 0.3) is 0 Å². The number of aliphatic hydroxyl groups is 2. The van der Waals surface area contributed by atoms with Crippen LogP contribution in [0.15, 0.2) is 0 Å². The minimum Gasteiger partial charge on any atom is -0.389 e. The van der Waals surface area contributed by atoms with Gasteiger partial charge in [-0.15, -0.1) is 0 Å². The molecule has 0 aromatic carbocycles. The summed E-state index contributed by atoms with van der Waals surface area (Å²) in [5, 5.41) is 34.1. The summed E-state index contributed by atoms with van der Waals surface area (Å²) in [6.45, 7) is 22.2. The first kappa shape index (κ1) is 52.2. The number of aliphatic hydroxyl groups excluding tert-OH is 2. The van der Waals surface area contributed by atoms with Crippen molar-refractivity contribution in [3.05, 3.63) is 0 Å². The van der Waals surface area contributed by atoms with Gasteiger partial charge in [-0.1, -0.05) is 0 Å². The van der Waals surface area contributed by atoms with Gasteiger partial charge in [-0.25, -0.2) is 0 Å². The fraction of sp³-hybridized carbons (Fsp3) is 1.00. The van der Waals surface area contributed by atoms with E-state index < -0.39 is 12.2 Å². The van der Waals surface area contributed by atoms with Crippen molar-refractivity contribution in [3.63, 3.8) is 0 Å². The summed E-state index contributed by atoms with van der Waals surface area (Å²) < 4.78 is 16.7. The molecule has 0 heterocycles. The summed E-state index contributed by atoms with van der Waals surface area (Å²) in [6.07, 6.45) is -1.20. The van der Waals surface area contributed by atoms with Crippen LogP contribution in [0.2, 0.25) is 0 Å². The van der Waals surface area contributed by atoms with Gasteiger partial charge in [-0.05, 0) is 0 Å². The van der Waals surface area contributed by atoms with E-state index in [9.17, 15) is 10.2 Å². The highest BCUT2D eigenvalue weighted by atomic mass is 16.5. The second-order valence-electron chi connectivity index (χ2n) is 13.1. The minimum absolute atomic E-state index is 0.232. The van der Waals surface area contributed by atoms with Crippen LogP contribution in [0.1, 0.15) is 0 Å². The summed E-state index contributed by atoms with van der Waals surface area (Å²) >= 11 is 0. The van der Waals surface area contributed by atoms with Gasteiger partial charge in [0, 0.05) is 170 Å². The first-order valence-corrected chi connectivity index (χ1v) is 20.0.